The molecule has 0 aliphatic heterocycles. The third-order valence-corrected chi connectivity index (χ3v) is 2.92. The van der Waals surface area contributed by atoms with Gasteiger partial charge in [-0.15, -0.1) is 0 Å². The predicted molar refractivity (Wildman–Crippen MR) is 75.3 cm³/mol. The predicted octanol–water partition coefficient (Wildman–Crippen LogP) is 2.49. The smallest absolute Gasteiger partial charge is 0.243 e. The van der Waals surface area contributed by atoms with E-state index in [1.54, 1.807) is 36.7 Å². The van der Waals surface area contributed by atoms with Crippen molar-refractivity contribution in [3.8, 4) is 0 Å². The molecule has 0 saturated carbocycles. The quantitative estimate of drug-likeness (QED) is 0.900. The van der Waals surface area contributed by atoms with Gasteiger partial charge in [-0.05, 0) is 30.7 Å². The average molecular weight is 277 g/mol. The van der Waals surface area contributed by atoms with Gasteiger partial charge in [-0.1, -0.05) is 17.7 Å². The van der Waals surface area contributed by atoms with Crippen molar-refractivity contribution in [2.45, 2.75) is 6.92 Å². The van der Waals surface area contributed by atoms with Crippen LogP contribution >= 0.6 is 11.6 Å². The fourth-order valence-electron chi connectivity index (χ4n) is 1.49. The standard InChI is InChI=1S/C13H13ClN4O/c1-9-10(14)4-2-5-11(9)18-12(19)8-17-13-15-6-3-7-16-13/h2-7H,8H2,1H3,(H,18,19)(H,15,16,17). The summed E-state index contributed by atoms with van der Waals surface area (Å²) < 4.78 is 0. The highest BCUT2D eigenvalue weighted by atomic mass is 35.5. The second kappa shape index (κ2) is 6.15. The van der Waals surface area contributed by atoms with Gasteiger partial charge in [-0.25, -0.2) is 9.97 Å². The molecule has 1 heterocycles. The van der Waals surface area contributed by atoms with Gasteiger partial charge in [0.1, 0.15) is 0 Å². The van der Waals surface area contributed by atoms with E-state index in [2.05, 4.69) is 20.6 Å². The molecule has 1 amide bonds. The van der Waals surface area contributed by atoms with Crippen molar-refractivity contribution in [3.63, 3.8) is 0 Å². The van der Waals surface area contributed by atoms with Gasteiger partial charge in [-0.2, -0.15) is 0 Å². The zero-order valence-electron chi connectivity index (χ0n) is 10.4. The van der Waals surface area contributed by atoms with Crippen LogP contribution in [0.5, 0.6) is 0 Å². The second-order valence-corrected chi connectivity index (χ2v) is 4.29. The number of anilines is 2. The SMILES string of the molecule is Cc1c(Cl)cccc1NC(=O)CNc1ncccn1. The number of nitrogens with zero attached hydrogens (tertiary/aromatic N) is 2. The van der Waals surface area contributed by atoms with Crippen molar-refractivity contribution < 1.29 is 4.79 Å². The molecule has 6 heteroatoms. The van der Waals surface area contributed by atoms with Gasteiger partial charge in [0.05, 0.1) is 6.54 Å². The molecule has 98 valence electrons. The highest BCUT2D eigenvalue weighted by molar-refractivity contribution is 6.31. The van der Waals surface area contributed by atoms with E-state index in [9.17, 15) is 4.79 Å². The molecule has 0 unspecified atom stereocenters. The lowest BCUT2D eigenvalue weighted by Gasteiger charge is -2.09. The van der Waals surface area contributed by atoms with E-state index in [0.29, 0.717) is 16.7 Å². The van der Waals surface area contributed by atoms with E-state index in [1.165, 1.54) is 0 Å². The van der Waals surface area contributed by atoms with Gasteiger partial charge in [0.15, 0.2) is 0 Å². The maximum atomic E-state index is 11.8. The Kier molecular flexibility index (Phi) is 4.30. The highest BCUT2D eigenvalue weighted by Crippen LogP contribution is 2.22. The van der Waals surface area contributed by atoms with Crippen LogP contribution in [0.15, 0.2) is 36.7 Å². The molecule has 0 saturated heterocycles. The molecule has 19 heavy (non-hydrogen) atoms. The molecular formula is C13H13ClN4O. The summed E-state index contributed by atoms with van der Waals surface area (Å²) in [7, 11) is 0. The Morgan fingerprint density at radius 1 is 1.26 bits per heavy atom. The average Bonchev–Trinajstić information content (AvgIpc) is 2.43. The van der Waals surface area contributed by atoms with Crippen LogP contribution < -0.4 is 10.6 Å². The molecule has 0 bridgehead atoms. The molecule has 0 aliphatic rings. The molecule has 0 spiro atoms. The molecule has 5 nitrogen and oxygen atoms in total. The van der Waals surface area contributed by atoms with Gasteiger partial charge < -0.3 is 10.6 Å². The number of carbonyl (C=O) groups excluding carboxylic acids is 1. The van der Waals surface area contributed by atoms with Gasteiger partial charge in [-0.3, -0.25) is 4.79 Å². The summed E-state index contributed by atoms with van der Waals surface area (Å²) in [5.41, 5.74) is 1.54. The van der Waals surface area contributed by atoms with E-state index < -0.39 is 0 Å². The van der Waals surface area contributed by atoms with E-state index in [-0.39, 0.29) is 12.5 Å². The Morgan fingerprint density at radius 2 is 2.00 bits per heavy atom. The molecule has 2 aromatic rings. The molecule has 0 radical (unpaired) electrons. The molecule has 0 fully saturated rings. The number of aromatic nitrogens is 2. The minimum absolute atomic E-state index is 0.0932. The van der Waals surface area contributed by atoms with E-state index >= 15 is 0 Å². The number of hydrogen-bond donors (Lipinski definition) is 2. The summed E-state index contributed by atoms with van der Waals surface area (Å²) >= 11 is 5.98. The van der Waals surface area contributed by atoms with E-state index in [0.717, 1.165) is 5.56 Å². The number of hydrogen-bond acceptors (Lipinski definition) is 4. The van der Waals surface area contributed by atoms with Crippen molar-refractivity contribution in [2.24, 2.45) is 0 Å². The van der Waals surface area contributed by atoms with Gasteiger partial charge in [0, 0.05) is 23.1 Å². The summed E-state index contributed by atoms with van der Waals surface area (Å²) in [6.07, 6.45) is 3.21. The van der Waals surface area contributed by atoms with Gasteiger partial charge in [0.2, 0.25) is 11.9 Å². The summed E-state index contributed by atoms with van der Waals surface area (Å²) in [4.78, 5) is 19.7. The zero-order valence-corrected chi connectivity index (χ0v) is 11.1. The highest BCUT2D eigenvalue weighted by Gasteiger charge is 2.06. The van der Waals surface area contributed by atoms with E-state index in [4.69, 9.17) is 11.6 Å². The minimum Gasteiger partial charge on any atom is -0.345 e. The molecule has 1 aromatic carbocycles. The fourth-order valence-corrected chi connectivity index (χ4v) is 1.66. The van der Waals surface area contributed by atoms with Crippen molar-refractivity contribution >= 4 is 29.1 Å². The van der Waals surface area contributed by atoms with Gasteiger partial charge >= 0.3 is 0 Å². The minimum atomic E-state index is -0.183. The van der Waals surface area contributed by atoms with Crippen LogP contribution in [0, 0.1) is 6.92 Å². The van der Waals surface area contributed by atoms with Crippen molar-refractivity contribution in [1.29, 1.82) is 0 Å². The normalized spacial score (nSPS) is 10.0. The number of nitrogens with one attached hydrogen (secondary N) is 2. The largest absolute Gasteiger partial charge is 0.345 e. The van der Waals surface area contributed by atoms with Crippen LogP contribution in [-0.4, -0.2) is 22.4 Å². The Bertz CT molecular complexity index is 574. The summed E-state index contributed by atoms with van der Waals surface area (Å²) in [5.74, 6) is 0.235. The molecular weight excluding hydrogens is 264 g/mol. The van der Waals surface area contributed by atoms with Crippen LogP contribution in [0.2, 0.25) is 5.02 Å². The first-order chi connectivity index (χ1) is 9.16. The summed E-state index contributed by atoms with van der Waals surface area (Å²) in [5, 5.41) is 6.23. The van der Waals surface area contributed by atoms with Crippen LogP contribution in [0.4, 0.5) is 11.6 Å². The molecule has 2 N–H and O–H groups in total. The lowest BCUT2D eigenvalue weighted by Crippen LogP contribution is -2.22. The Labute approximate surface area is 116 Å². The first-order valence-corrected chi connectivity index (χ1v) is 6.10. The van der Waals surface area contributed by atoms with Crippen molar-refractivity contribution in [3.05, 3.63) is 47.2 Å². The van der Waals surface area contributed by atoms with Crippen LogP contribution in [0.3, 0.4) is 0 Å². The van der Waals surface area contributed by atoms with Crippen molar-refractivity contribution in [2.75, 3.05) is 17.2 Å². The molecule has 0 aliphatic carbocycles. The van der Waals surface area contributed by atoms with Crippen molar-refractivity contribution in [1.82, 2.24) is 9.97 Å². The monoisotopic (exact) mass is 276 g/mol. The summed E-state index contributed by atoms with van der Waals surface area (Å²) in [6.45, 7) is 1.95. The topological polar surface area (TPSA) is 66.9 Å². The number of halogens is 1. The maximum Gasteiger partial charge on any atom is 0.243 e. The van der Waals surface area contributed by atoms with Crippen LogP contribution in [0.1, 0.15) is 5.56 Å². The summed E-state index contributed by atoms with van der Waals surface area (Å²) in [6, 6.07) is 7.08. The second-order valence-electron chi connectivity index (χ2n) is 3.89. The number of rotatable bonds is 4. The van der Waals surface area contributed by atoms with Crippen LogP contribution in [-0.2, 0) is 4.79 Å². The number of carbonyl (C=O) groups is 1. The lowest BCUT2D eigenvalue weighted by molar-refractivity contribution is -0.114. The lowest BCUT2D eigenvalue weighted by atomic mass is 10.2. The third kappa shape index (κ3) is 3.66. The third-order valence-electron chi connectivity index (χ3n) is 2.51. The Balaban J connectivity index is 1.93. The number of benzene rings is 1. The van der Waals surface area contributed by atoms with Gasteiger partial charge in [0.25, 0.3) is 0 Å². The first-order valence-electron chi connectivity index (χ1n) is 5.72. The first kappa shape index (κ1) is 13.3. The number of amides is 1. The fraction of sp³-hybridized carbons (Fsp3) is 0.154. The molecule has 2 rings (SSSR count). The Morgan fingerprint density at radius 3 is 2.74 bits per heavy atom. The maximum absolute atomic E-state index is 11.8. The van der Waals surface area contributed by atoms with Crippen LogP contribution in [0.25, 0.3) is 0 Å². The Hall–Kier alpha value is -2.14. The molecule has 0 atom stereocenters. The van der Waals surface area contributed by atoms with E-state index in [1.807, 2.05) is 6.92 Å². The zero-order chi connectivity index (χ0) is 13.7. The molecule has 1 aromatic heterocycles.